The van der Waals surface area contributed by atoms with Gasteiger partial charge in [0.1, 0.15) is 5.76 Å². The van der Waals surface area contributed by atoms with Gasteiger partial charge < -0.3 is 24.5 Å². The first kappa shape index (κ1) is 15.9. The summed E-state index contributed by atoms with van der Waals surface area (Å²) >= 11 is 0. The second-order valence-corrected chi connectivity index (χ2v) is 5.10. The molecule has 0 bridgehead atoms. The number of furan rings is 1. The predicted octanol–water partition coefficient (Wildman–Crippen LogP) is 1.53. The van der Waals surface area contributed by atoms with Crippen LogP contribution in [0.2, 0.25) is 0 Å². The van der Waals surface area contributed by atoms with Crippen molar-refractivity contribution < 1.29 is 13.9 Å². The minimum atomic E-state index is -0.477. The van der Waals surface area contributed by atoms with E-state index in [1.54, 1.807) is 6.26 Å². The molecule has 2 heterocycles. The third kappa shape index (κ3) is 5.40. The van der Waals surface area contributed by atoms with E-state index in [0.717, 1.165) is 37.7 Å². The lowest BCUT2D eigenvalue weighted by molar-refractivity contribution is -0.144. The molecule has 118 valence electrons. The lowest BCUT2D eigenvalue weighted by atomic mass is 10.2. The molecule has 0 amide bonds. The van der Waals surface area contributed by atoms with Gasteiger partial charge in [-0.25, -0.2) is 0 Å². The van der Waals surface area contributed by atoms with E-state index < -0.39 is 5.79 Å². The molecule has 1 aliphatic rings. The number of hydrogen-bond donors (Lipinski definition) is 2. The Balaban J connectivity index is 1.73. The Morgan fingerprint density at radius 1 is 1.33 bits per heavy atom. The van der Waals surface area contributed by atoms with E-state index in [1.807, 2.05) is 26.0 Å². The number of nitrogens with one attached hydrogen (secondary N) is 2. The Morgan fingerprint density at radius 3 is 2.81 bits per heavy atom. The molecule has 0 unspecified atom stereocenters. The van der Waals surface area contributed by atoms with Crippen LogP contribution in [0.3, 0.4) is 0 Å². The average molecular weight is 295 g/mol. The predicted molar refractivity (Wildman–Crippen MR) is 81.3 cm³/mol. The molecule has 1 aliphatic heterocycles. The fourth-order valence-electron chi connectivity index (χ4n) is 2.17. The maximum absolute atomic E-state index is 5.57. The Kier molecular flexibility index (Phi) is 6.07. The lowest BCUT2D eigenvalue weighted by Gasteiger charge is -2.21. The van der Waals surface area contributed by atoms with Gasteiger partial charge in [-0.2, -0.15) is 0 Å². The summed E-state index contributed by atoms with van der Waals surface area (Å²) in [5.41, 5.74) is 0. The molecule has 21 heavy (non-hydrogen) atoms. The highest BCUT2D eigenvalue weighted by Crippen LogP contribution is 2.22. The maximum Gasteiger partial charge on any atom is 0.191 e. The first-order chi connectivity index (χ1) is 10.2. The third-order valence-electron chi connectivity index (χ3n) is 3.32. The van der Waals surface area contributed by atoms with Crippen LogP contribution in [0.25, 0.3) is 0 Å². The topological polar surface area (TPSA) is 68.0 Å². The van der Waals surface area contributed by atoms with E-state index in [1.165, 1.54) is 0 Å². The standard InChI is InChI=1S/C15H25N3O3/c1-3-16-14(17-8-6-13-5-4-10-19-13)18-9-7-15(2)20-11-12-21-15/h4-5,10H,3,6-9,11-12H2,1-2H3,(H2,16,17,18). The normalized spacial score (nSPS) is 17.9. The van der Waals surface area contributed by atoms with E-state index in [0.29, 0.717) is 19.8 Å². The zero-order valence-corrected chi connectivity index (χ0v) is 12.9. The zero-order valence-electron chi connectivity index (χ0n) is 12.9. The minimum Gasteiger partial charge on any atom is -0.469 e. The van der Waals surface area contributed by atoms with Gasteiger partial charge in [-0.15, -0.1) is 0 Å². The summed E-state index contributed by atoms with van der Waals surface area (Å²) in [6.45, 7) is 7.62. The molecular formula is C15H25N3O3. The lowest BCUT2D eigenvalue weighted by Crippen LogP contribution is -2.38. The van der Waals surface area contributed by atoms with Gasteiger partial charge in [-0.1, -0.05) is 0 Å². The van der Waals surface area contributed by atoms with Gasteiger partial charge in [0.25, 0.3) is 0 Å². The van der Waals surface area contributed by atoms with Crippen molar-refractivity contribution in [2.75, 3.05) is 32.8 Å². The molecule has 0 atom stereocenters. The third-order valence-corrected chi connectivity index (χ3v) is 3.32. The summed E-state index contributed by atoms with van der Waals surface area (Å²) in [5, 5.41) is 6.52. The number of ether oxygens (including phenoxy) is 2. The smallest absolute Gasteiger partial charge is 0.191 e. The van der Waals surface area contributed by atoms with Crippen molar-refractivity contribution in [3.05, 3.63) is 24.2 Å². The first-order valence-corrected chi connectivity index (χ1v) is 7.54. The molecule has 0 aromatic carbocycles. The van der Waals surface area contributed by atoms with E-state index in [4.69, 9.17) is 13.9 Å². The molecule has 6 heteroatoms. The highest BCUT2D eigenvalue weighted by Gasteiger charge is 2.30. The van der Waals surface area contributed by atoms with Crippen molar-refractivity contribution in [2.45, 2.75) is 32.5 Å². The molecule has 2 N–H and O–H groups in total. The molecular weight excluding hydrogens is 270 g/mol. The monoisotopic (exact) mass is 295 g/mol. The van der Waals surface area contributed by atoms with Crippen molar-refractivity contribution in [2.24, 2.45) is 4.99 Å². The van der Waals surface area contributed by atoms with E-state index in [-0.39, 0.29) is 0 Å². The number of hydrogen-bond acceptors (Lipinski definition) is 4. The Labute approximate surface area is 125 Å². The average Bonchev–Trinajstić information content (AvgIpc) is 3.11. The number of guanidine groups is 1. The Bertz CT molecular complexity index is 425. The van der Waals surface area contributed by atoms with Crippen LogP contribution in [-0.4, -0.2) is 44.6 Å². The van der Waals surface area contributed by atoms with E-state index in [9.17, 15) is 0 Å². The molecule has 0 saturated carbocycles. The summed E-state index contributed by atoms with van der Waals surface area (Å²) in [7, 11) is 0. The van der Waals surface area contributed by atoms with Crippen LogP contribution in [0.15, 0.2) is 27.8 Å². The van der Waals surface area contributed by atoms with Crippen molar-refractivity contribution in [1.82, 2.24) is 10.6 Å². The van der Waals surface area contributed by atoms with Crippen LogP contribution in [-0.2, 0) is 15.9 Å². The fraction of sp³-hybridized carbons (Fsp3) is 0.667. The summed E-state index contributed by atoms with van der Waals surface area (Å²) in [6.07, 6.45) is 3.28. The summed E-state index contributed by atoms with van der Waals surface area (Å²) in [4.78, 5) is 4.54. The van der Waals surface area contributed by atoms with Crippen molar-refractivity contribution in [1.29, 1.82) is 0 Å². The van der Waals surface area contributed by atoms with E-state index in [2.05, 4.69) is 15.6 Å². The zero-order chi connectivity index (χ0) is 15.0. The van der Waals surface area contributed by atoms with Gasteiger partial charge >= 0.3 is 0 Å². The van der Waals surface area contributed by atoms with Crippen LogP contribution < -0.4 is 10.6 Å². The summed E-state index contributed by atoms with van der Waals surface area (Å²) in [5.74, 6) is 1.30. The van der Waals surface area contributed by atoms with E-state index >= 15 is 0 Å². The van der Waals surface area contributed by atoms with Gasteiger partial charge in [-0.3, -0.25) is 4.99 Å². The number of aliphatic imine (C=N–C) groups is 1. The number of rotatable bonds is 7. The molecule has 1 aromatic heterocycles. The highest BCUT2D eigenvalue weighted by molar-refractivity contribution is 5.79. The first-order valence-electron chi connectivity index (χ1n) is 7.54. The van der Waals surface area contributed by atoms with Crippen molar-refractivity contribution in [3.63, 3.8) is 0 Å². The SMILES string of the molecule is CCNC(=NCCC1(C)OCCO1)NCCc1ccco1. The van der Waals surface area contributed by atoms with Crippen molar-refractivity contribution in [3.8, 4) is 0 Å². The van der Waals surface area contributed by atoms with Gasteiger partial charge in [0, 0.05) is 32.5 Å². The molecule has 2 rings (SSSR count). The molecule has 0 spiro atoms. The molecule has 1 aromatic rings. The van der Waals surface area contributed by atoms with Gasteiger partial charge in [0.15, 0.2) is 11.7 Å². The molecule has 0 radical (unpaired) electrons. The van der Waals surface area contributed by atoms with Crippen LogP contribution in [0, 0.1) is 0 Å². The largest absolute Gasteiger partial charge is 0.469 e. The van der Waals surface area contributed by atoms with Gasteiger partial charge in [-0.05, 0) is 26.0 Å². The summed E-state index contributed by atoms with van der Waals surface area (Å²) in [6, 6.07) is 3.87. The van der Waals surface area contributed by atoms with Crippen LogP contribution >= 0.6 is 0 Å². The fourth-order valence-corrected chi connectivity index (χ4v) is 2.17. The second-order valence-electron chi connectivity index (χ2n) is 5.10. The van der Waals surface area contributed by atoms with Crippen LogP contribution in [0.4, 0.5) is 0 Å². The van der Waals surface area contributed by atoms with Gasteiger partial charge in [0.2, 0.25) is 0 Å². The molecule has 6 nitrogen and oxygen atoms in total. The molecule has 1 saturated heterocycles. The molecule has 0 aliphatic carbocycles. The van der Waals surface area contributed by atoms with Crippen LogP contribution in [0.5, 0.6) is 0 Å². The van der Waals surface area contributed by atoms with Crippen LogP contribution in [0.1, 0.15) is 26.0 Å². The second kappa shape index (κ2) is 8.05. The minimum absolute atomic E-state index is 0.477. The Morgan fingerprint density at radius 2 is 2.14 bits per heavy atom. The highest BCUT2D eigenvalue weighted by atomic mass is 16.7. The summed E-state index contributed by atoms with van der Waals surface area (Å²) < 4.78 is 16.4. The van der Waals surface area contributed by atoms with Crippen molar-refractivity contribution >= 4 is 5.96 Å². The van der Waals surface area contributed by atoms with Gasteiger partial charge in [0.05, 0.1) is 19.5 Å². The quantitative estimate of drug-likeness (QED) is 0.590. The molecule has 1 fully saturated rings. The Hall–Kier alpha value is -1.53. The maximum atomic E-state index is 5.57. The number of nitrogens with zero attached hydrogens (tertiary/aromatic N) is 1.